The van der Waals surface area contributed by atoms with E-state index in [2.05, 4.69) is 35.1 Å². The Bertz CT molecular complexity index is 1550. The van der Waals surface area contributed by atoms with Gasteiger partial charge in [-0.25, -0.2) is 4.98 Å². The molecule has 1 amide bonds. The molecule has 194 valence electrons. The van der Waals surface area contributed by atoms with E-state index in [9.17, 15) is 9.18 Å². The van der Waals surface area contributed by atoms with Crippen molar-refractivity contribution in [3.63, 3.8) is 0 Å². The van der Waals surface area contributed by atoms with Crippen molar-refractivity contribution in [1.29, 1.82) is 0 Å². The molecule has 3 heterocycles. The van der Waals surface area contributed by atoms with Crippen molar-refractivity contribution in [2.24, 2.45) is 0 Å². The van der Waals surface area contributed by atoms with Crippen LogP contribution in [0.25, 0.3) is 16.8 Å². The summed E-state index contributed by atoms with van der Waals surface area (Å²) < 4.78 is 27.5. The minimum Gasteiger partial charge on any atom is -0.494 e. The number of rotatable bonds is 6. The highest BCUT2D eigenvalue weighted by molar-refractivity contribution is 5.93. The quantitative estimate of drug-likeness (QED) is 0.306. The van der Waals surface area contributed by atoms with E-state index in [4.69, 9.17) is 14.5 Å². The number of nitrogens with zero attached hydrogens (tertiary/aromatic N) is 4. The molecule has 0 N–H and O–H groups in total. The molecular formula is C30H29FN4O3. The normalized spacial score (nSPS) is 15.0. The van der Waals surface area contributed by atoms with Crippen molar-refractivity contribution in [2.75, 3.05) is 20.2 Å². The number of halogens is 1. The number of hydrogen-bond acceptors (Lipinski definition) is 5. The number of methoxy groups -OCH3 is 1. The van der Waals surface area contributed by atoms with Gasteiger partial charge < -0.3 is 14.4 Å². The van der Waals surface area contributed by atoms with Gasteiger partial charge in [-0.3, -0.25) is 14.2 Å². The van der Waals surface area contributed by atoms with Crippen LogP contribution in [-0.4, -0.2) is 45.4 Å². The molecule has 1 atom stereocenters. The third kappa shape index (κ3) is 4.68. The highest BCUT2D eigenvalue weighted by Crippen LogP contribution is 2.36. The molecule has 0 unspecified atom stereocenters. The zero-order valence-electron chi connectivity index (χ0n) is 21.9. The molecule has 38 heavy (non-hydrogen) atoms. The maximum absolute atomic E-state index is 14.6. The molecule has 1 aliphatic heterocycles. The van der Waals surface area contributed by atoms with Gasteiger partial charge in [0.25, 0.3) is 5.91 Å². The Kier molecular flexibility index (Phi) is 7.01. The highest BCUT2D eigenvalue weighted by Gasteiger charge is 2.31. The molecule has 2 aromatic carbocycles. The summed E-state index contributed by atoms with van der Waals surface area (Å²) in [6.07, 6.45) is 4.55. The number of carbonyl (C=O) groups is 1. The fourth-order valence-corrected chi connectivity index (χ4v) is 4.88. The van der Waals surface area contributed by atoms with Crippen LogP contribution in [0, 0.1) is 17.7 Å². The van der Waals surface area contributed by atoms with E-state index in [0.29, 0.717) is 18.8 Å². The van der Waals surface area contributed by atoms with Crippen LogP contribution in [-0.2, 0) is 4.79 Å². The molecule has 0 spiro atoms. The van der Waals surface area contributed by atoms with Crippen molar-refractivity contribution in [3.05, 3.63) is 72.2 Å². The third-order valence-corrected chi connectivity index (χ3v) is 6.73. The van der Waals surface area contributed by atoms with E-state index in [-0.39, 0.29) is 29.2 Å². The van der Waals surface area contributed by atoms with Crippen LogP contribution < -0.4 is 9.47 Å². The number of fused-ring (bicyclic) bond motifs is 1. The number of benzene rings is 2. The number of amides is 1. The zero-order valence-corrected chi connectivity index (χ0v) is 21.9. The van der Waals surface area contributed by atoms with E-state index in [1.807, 2.05) is 18.3 Å². The summed E-state index contributed by atoms with van der Waals surface area (Å²) in [6, 6.07) is 12.2. The van der Waals surface area contributed by atoms with E-state index < -0.39 is 5.82 Å². The van der Waals surface area contributed by atoms with Crippen molar-refractivity contribution >= 4 is 11.4 Å². The second-order valence-electron chi connectivity index (χ2n) is 9.51. The van der Waals surface area contributed by atoms with Gasteiger partial charge in [0.15, 0.2) is 11.5 Å². The minimum atomic E-state index is -0.550. The molecule has 4 aromatic rings. The number of aromatic nitrogens is 3. The minimum absolute atomic E-state index is 0.0833. The summed E-state index contributed by atoms with van der Waals surface area (Å²) in [5.41, 5.74) is 3.60. The largest absolute Gasteiger partial charge is 0.494 e. The van der Waals surface area contributed by atoms with Crippen LogP contribution in [0.4, 0.5) is 4.39 Å². The molecule has 1 fully saturated rings. The average Bonchev–Trinajstić information content (AvgIpc) is 3.56. The van der Waals surface area contributed by atoms with Gasteiger partial charge >= 0.3 is 0 Å². The molecule has 0 radical (unpaired) electrons. The van der Waals surface area contributed by atoms with Crippen LogP contribution in [0.2, 0.25) is 0 Å². The number of carbonyl (C=O) groups excluding carboxylic acids is 1. The van der Waals surface area contributed by atoms with Crippen LogP contribution in [0.1, 0.15) is 50.5 Å². The molecule has 0 bridgehead atoms. The van der Waals surface area contributed by atoms with E-state index in [0.717, 1.165) is 34.7 Å². The molecule has 0 saturated carbocycles. The molecule has 1 aliphatic rings. The van der Waals surface area contributed by atoms with Gasteiger partial charge in [-0.15, -0.1) is 0 Å². The lowest BCUT2D eigenvalue weighted by molar-refractivity contribution is -0.124. The smallest absolute Gasteiger partial charge is 0.298 e. The number of ether oxygens (including phenoxy) is 2. The van der Waals surface area contributed by atoms with E-state index >= 15 is 0 Å². The maximum atomic E-state index is 14.6. The fraction of sp³-hybridized carbons (Fsp3) is 0.300. The summed E-state index contributed by atoms with van der Waals surface area (Å²) in [5, 5.41) is 0. The summed E-state index contributed by atoms with van der Waals surface area (Å²) in [6.45, 7) is 7.11. The predicted molar refractivity (Wildman–Crippen MR) is 143 cm³/mol. The zero-order chi connectivity index (χ0) is 26.8. The Morgan fingerprint density at radius 2 is 1.92 bits per heavy atom. The molecule has 5 rings (SSSR count). The van der Waals surface area contributed by atoms with Crippen molar-refractivity contribution in [3.8, 4) is 40.3 Å². The first kappa shape index (κ1) is 25.3. The lowest BCUT2D eigenvalue weighted by Crippen LogP contribution is -2.27. The van der Waals surface area contributed by atoms with Gasteiger partial charge in [0, 0.05) is 37.0 Å². The summed E-state index contributed by atoms with van der Waals surface area (Å²) in [5.74, 6) is 6.51. The van der Waals surface area contributed by atoms with Crippen molar-refractivity contribution in [2.45, 2.75) is 39.0 Å². The van der Waals surface area contributed by atoms with E-state index in [1.165, 1.54) is 7.11 Å². The first-order chi connectivity index (χ1) is 18.4. The second kappa shape index (κ2) is 10.5. The number of likely N-dealkylation sites (tertiary alicyclic amines) is 1. The Morgan fingerprint density at radius 1 is 1.16 bits per heavy atom. The molecule has 0 aliphatic carbocycles. The van der Waals surface area contributed by atoms with Crippen LogP contribution >= 0.6 is 0 Å². The molecule has 7 nitrogen and oxygen atoms in total. The Labute approximate surface area is 221 Å². The standard InChI is InChI=1S/C30H29FN4O3/c1-5-7-25(36)34-16-14-21(18-34)30-33-28(29-27(19(2)3)32-15-17-35(29)30)20-10-12-22(13-11-20)38-24-9-6-8-23(37-4)26(24)31/h6,8-13,15,17,19,21H,14,16,18H2,1-4H3/t21-/m1/s1. The second-order valence-corrected chi connectivity index (χ2v) is 9.51. The van der Waals surface area contributed by atoms with Crippen molar-refractivity contribution in [1.82, 2.24) is 19.3 Å². The molecule has 1 saturated heterocycles. The lowest BCUT2D eigenvalue weighted by Gasteiger charge is -2.13. The first-order valence-corrected chi connectivity index (χ1v) is 12.6. The predicted octanol–water partition coefficient (Wildman–Crippen LogP) is 5.80. The summed E-state index contributed by atoms with van der Waals surface area (Å²) >= 11 is 0. The van der Waals surface area contributed by atoms with Gasteiger partial charge in [0.05, 0.1) is 24.0 Å². The topological polar surface area (TPSA) is 69.0 Å². The van der Waals surface area contributed by atoms with E-state index in [1.54, 1.807) is 48.4 Å². The van der Waals surface area contributed by atoms with Crippen molar-refractivity contribution < 1.29 is 18.7 Å². The molecule has 8 heteroatoms. The van der Waals surface area contributed by atoms with Gasteiger partial charge in [-0.05, 0) is 61.6 Å². The van der Waals surface area contributed by atoms with Gasteiger partial charge in [0.1, 0.15) is 11.6 Å². The SMILES string of the molecule is CC#CC(=O)N1CC[C@@H](c2nc(-c3ccc(Oc4cccc(OC)c4F)cc3)c3c(C(C)C)nccn23)C1. The fourth-order valence-electron chi connectivity index (χ4n) is 4.88. The molecule has 2 aromatic heterocycles. The summed E-state index contributed by atoms with van der Waals surface area (Å²) in [7, 11) is 1.42. The lowest BCUT2D eigenvalue weighted by atomic mass is 10.0. The van der Waals surface area contributed by atoms with Gasteiger partial charge in [-0.2, -0.15) is 4.39 Å². The number of imidazole rings is 1. The van der Waals surface area contributed by atoms with Crippen LogP contribution in [0.15, 0.2) is 54.9 Å². The Morgan fingerprint density at radius 3 is 2.63 bits per heavy atom. The average molecular weight is 513 g/mol. The summed E-state index contributed by atoms with van der Waals surface area (Å²) in [4.78, 5) is 23.9. The Hall–Kier alpha value is -4.38. The Balaban J connectivity index is 1.51. The van der Waals surface area contributed by atoms with Crippen LogP contribution in [0.5, 0.6) is 17.2 Å². The monoisotopic (exact) mass is 512 g/mol. The van der Waals surface area contributed by atoms with Gasteiger partial charge in [0.2, 0.25) is 5.82 Å². The number of hydrogen-bond donors (Lipinski definition) is 0. The maximum Gasteiger partial charge on any atom is 0.298 e. The van der Waals surface area contributed by atoms with Crippen LogP contribution in [0.3, 0.4) is 0 Å². The highest BCUT2D eigenvalue weighted by atomic mass is 19.1. The third-order valence-electron chi connectivity index (χ3n) is 6.73. The van der Waals surface area contributed by atoms with Gasteiger partial charge in [-0.1, -0.05) is 25.8 Å². The first-order valence-electron chi connectivity index (χ1n) is 12.6. The molecular weight excluding hydrogens is 483 g/mol.